The molecule has 0 radical (unpaired) electrons. The molecule has 0 bridgehead atoms. The average Bonchev–Trinajstić information content (AvgIpc) is 2.30. The molecule has 0 saturated heterocycles. The lowest BCUT2D eigenvalue weighted by Gasteiger charge is -1.91. The van der Waals surface area contributed by atoms with Crippen molar-refractivity contribution >= 4 is 0 Å². The summed E-state index contributed by atoms with van der Waals surface area (Å²) in [6, 6.07) is 0. The highest BCUT2D eigenvalue weighted by molar-refractivity contribution is 5.13. The Morgan fingerprint density at radius 3 is 2.50 bits per heavy atom. The van der Waals surface area contributed by atoms with Gasteiger partial charge < -0.3 is 4.98 Å². The molecule has 1 aromatic heterocycles. The summed E-state index contributed by atoms with van der Waals surface area (Å²) in [5.41, 5.74) is 2.51. The first-order valence-corrected chi connectivity index (χ1v) is 3.82. The fourth-order valence-electron chi connectivity index (χ4n) is 1.17. The van der Waals surface area contributed by atoms with E-state index in [1.165, 1.54) is 11.4 Å². The van der Waals surface area contributed by atoms with Crippen molar-refractivity contribution in [2.75, 3.05) is 0 Å². The molecular weight excluding hydrogens is 124 g/mol. The summed E-state index contributed by atoms with van der Waals surface area (Å²) in [6.07, 6.45) is 2.09. The monoisotopic (exact) mass is 140 g/mol. The first kappa shape index (κ1) is 7.32. The fraction of sp³-hybridized carbons (Fsp3) is 0.625. The van der Waals surface area contributed by atoms with Gasteiger partial charge in [-0.15, -0.1) is 0 Å². The Bertz CT molecular complexity index is 196. The summed E-state index contributed by atoms with van der Waals surface area (Å²) in [6.45, 7) is 6.28. The van der Waals surface area contributed by atoms with Crippen molar-refractivity contribution in [2.24, 2.45) is 0 Å². The van der Waals surface area contributed by atoms with Gasteiger partial charge in [0.2, 0.25) is 0 Å². The van der Waals surface area contributed by atoms with Crippen molar-refractivity contribution in [1.82, 2.24) is 9.97 Å². The predicted molar refractivity (Wildman–Crippen MR) is 44.2 cm³/mol. The summed E-state index contributed by atoms with van der Waals surface area (Å²) >= 11 is 0. The molecule has 0 aliphatic heterocycles. The SMILES string of the molecule is CCc1nc(C)[nH]c1CC.[HH]. The van der Waals surface area contributed by atoms with Gasteiger partial charge in [-0.3, -0.25) is 0 Å². The maximum absolute atomic E-state index is 4.34. The van der Waals surface area contributed by atoms with Gasteiger partial charge in [0.05, 0.1) is 5.69 Å². The molecule has 0 atom stereocenters. The third kappa shape index (κ3) is 1.20. The van der Waals surface area contributed by atoms with Crippen LogP contribution < -0.4 is 0 Å². The standard InChI is InChI=1S/C8H14N2.H2/c1-4-7-8(5-2)10-6(3)9-7;/h4-5H2,1-3H3,(H,9,10);1H. The highest BCUT2D eigenvalue weighted by Gasteiger charge is 2.01. The van der Waals surface area contributed by atoms with Crippen LogP contribution in [0.4, 0.5) is 0 Å². The molecular formula is C8H16N2. The smallest absolute Gasteiger partial charge is 0.103 e. The van der Waals surface area contributed by atoms with E-state index in [4.69, 9.17) is 0 Å². The molecule has 10 heavy (non-hydrogen) atoms. The number of nitrogens with zero attached hydrogens (tertiary/aromatic N) is 1. The van der Waals surface area contributed by atoms with Crippen LogP contribution in [0, 0.1) is 6.92 Å². The Hall–Kier alpha value is -0.790. The lowest BCUT2D eigenvalue weighted by Crippen LogP contribution is -1.87. The number of aryl methyl sites for hydroxylation is 3. The molecule has 1 rings (SSSR count). The van der Waals surface area contributed by atoms with Crippen molar-refractivity contribution in [3.63, 3.8) is 0 Å². The zero-order chi connectivity index (χ0) is 7.56. The third-order valence-corrected chi connectivity index (χ3v) is 1.67. The minimum absolute atomic E-state index is 0. The molecule has 2 heteroatoms. The Kier molecular flexibility index (Phi) is 2.10. The maximum atomic E-state index is 4.34. The highest BCUT2D eigenvalue weighted by Crippen LogP contribution is 2.06. The molecule has 58 valence electrons. The van der Waals surface area contributed by atoms with Crippen LogP contribution in [0.3, 0.4) is 0 Å². The Labute approximate surface area is 63.2 Å². The van der Waals surface area contributed by atoms with Gasteiger partial charge in [-0.05, 0) is 19.8 Å². The number of imidazole rings is 1. The molecule has 0 saturated carbocycles. The van der Waals surface area contributed by atoms with Gasteiger partial charge in [-0.2, -0.15) is 0 Å². The van der Waals surface area contributed by atoms with Crippen molar-refractivity contribution in [2.45, 2.75) is 33.6 Å². The Morgan fingerprint density at radius 2 is 2.10 bits per heavy atom. The Balaban J connectivity index is 0.000001000. The van der Waals surface area contributed by atoms with E-state index in [0.717, 1.165) is 18.7 Å². The molecule has 0 aromatic carbocycles. The summed E-state index contributed by atoms with van der Waals surface area (Å²) in [5, 5.41) is 0. The van der Waals surface area contributed by atoms with Gasteiger partial charge in [-0.25, -0.2) is 4.98 Å². The second-order valence-corrected chi connectivity index (χ2v) is 2.45. The van der Waals surface area contributed by atoms with Crippen LogP contribution in [0.5, 0.6) is 0 Å². The lowest BCUT2D eigenvalue weighted by molar-refractivity contribution is 0.979. The zero-order valence-electron chi connectivity index (χ0n) is 6.86. The molecule has 1 heterocycles. The van der Waals surface area contributed by atoms with E-state index in [9.17, 15) is 0 Å². The zero-order valence-corrected chi connectivity index (χ0v) is 6.86. The number of H-pyrrole nitrogens is 1. The largest absolute Gasteiger partial charge is 0.346 e. The normalized spacial score (nSPS) is 10.3. The minimum Gasteiger partial charge on any atom is -0.346 e. The molecule has 1 N–H and O–H groups in total. The molecule has 0 aliphatic rings. The number of hydrogen-bond donors (Lipinski definition) is 1. The van der Waals surface area contributed by atoms with Crippen LogP contribution >= 0.6 is 0 Å². The molecule has 1 aromatic rings. The van der Waals surface area contributed by atoms with Crippen LogP contribution in [-0.4, -0.2) is 9.97 Å². The van der Waals surface area contributed by atoms with E-state index in [2.05, 4.69) is 23.8 Å². The van der Waals surface area contributed by atoms with Gasteiger partial charge in [0.15, 0.2) is 0 Å². The first-order valence-electron chi connectivity index (χ1n) is 3.82. The number of aromatic amines is 1. The fourth-order valence-corrected chi connectivity index (χ4v) is 1.17. The van der Waals surface area contributed by atoms with E-state index in [1.807, 2.05) is 6.92 Å². The minimum atomic E-state index is 0. The van der Waals surface area contributed by atoms with Gasteiger partial charge in [0, 0.05) is 7.12 Å². The molecule has 0 fully saturated rings. The number of hydrogen-bond acceptors (Lipinski definition) is 1. The van der Waals surface area contributed by atoms with Gasteiger partial charge >= 0.3 is 0 Å². The quantitative estimate of drug-likeness (QED) is 0.669. The second-order valence-electron chi connectivity index (χ2n) is 2.45. The van der Waals surface area contributed by atoms with Gasteiger partial charge in [0.1, 0.15) is 5.82 Å². The van der Waals surface area contributed by atoms with E-state index in [-0.39, 0.29) is 1.43 Å². The van der Waals surface area contributed by atoms with Gasteiger partial charge in [0.25, 0.3) is 0 Å². The molecule has 0 aliphatic carbocycles. The van der Waals surface area contributed by atoms with Crippen LogP contribution in [0.15, 0.2) is 0 Å². The average molecular weight is 140 g/mol. The first-order chi connectivity index (χ1) is 4.77. The summed E-state index contributed by atoms with van der Waals surface area (Å²) in [7, 11) is 0. The molecule has 0 spiro atoms. The lowest BCUT2D eigenvalue weighted by atomic mass is 10.2. The van der Waals surface area contributed by atoms with E-state index >= 15 is 0 Å². The van der Waals surface area contributed by atoms with E-state index in [1.54, 1.807) is 0 Å². The number of aromatic nitrogens is 2. The third-order valence-electron chi connectivity index (χ3n) is 1.67. The molecule has 0 unspecified atom stereocenters. The van der Waals surface area contributed by atoms with Crippen LogP contribution in [0.2, 0.25) is 0 Å². The Morgan fingerprint density at radius 1 is 1.40 bits per heavy atom. The summed E-state index contributed by atoms with van der Waals surface area (Å²) in [5.74, 6) is 1.04. The van der Waals surface area contributed by atoms with Crippen LogP contribution in [0.25, 0.3) is 0 Å². The van der Waals surface area contributed by atoms with Crippen LogP contribution in [0.1, 0.15) is 32.5 Å². The van der Waals surface area contributed by atoms with Crippen molar-refractivity contribution in [3.05, 3.63) is 17.2 Å². The van der Waals surface area contributed by atoms with Crippen LogP contribution in [-0.2, 0) is 12.8 Å². The maximum Gasteiger partial charge on any atom is 0.103 e. The summed E-state index contributed by atoms with van der Waals surface area (Å²) in [4.78, 5) is 7.58. The predicted octanol–water partition coefficient (Wildman–Crippen LogP) is 2.09. The van der Waals surface area contributed by atoms with Crippen molar-refractivity contribution in [1.29, 1.82) is 0 Å². The van der Waals surface area contributed by atoms with Crippen molar-refractivity contribution in [3.8, 4) is 0 Å². The number of nitrogens with one attached hydrogen (secondary N) is 1. The number of rotatable bonds is 2. The molecule has 2 nitrogen and oxygen atoms in total. The highest BCUT2D eigenvalue weighted by atomic mass is 14.9. The van der Waals surface area contributed by atoms with Gasteiger partial charge in [-0.1, -0.05) is 13.8 Å². The van der Waals surface area contributed by atoms with E-state index in [0.29, 0.717) is 0 Å². The second kappa shape index (κ2) is 2.86. The topological polar surface area (TPSA) is 28.7 Å². The van der Waals surface area contributed by atoms with E-state index < -0.39 is 0 Å². The molecule has 0 amide bonds. The van der Waals surface area contributed by atoms with Crippen molar-refractivity contribution < 1.29 is 1.43 Å². The summed E-state index contributed by atoms with van der Waals surface area (Å²) < 4.78 is 0.